The van der Waals surface area contributed by atoms with Gasteiger partial charge in [0.1, 0.15) is 11.6 Å². The average Bonchev–Trinajstić information content (AvgIpc) is 2.59. The van der Waals surface area contributed by atoms with E-state index in [9.17, 15) is 10.1 Å². The van der Waals surface area contributed by atoms with Crippen LogP contribution in [-0.2, 0) is 5.75 Å². The summed E-state index contributed by atoms with van der Waals surface area (Å²) in [7, 11) is 0. The zero-order valence-corrected chi connectivity index (χ0v) is 8.87. The van der Waals surface area contributed by atoms with Crippen LogP contribution < -0.4 is 0 Å². The predicted octanol–water partition coefficient (Wildman–Crippen LogP) is 2.77. The van der Waals surface area contributed by atoms with Gasteiger partial charge in [0, 0.05) is 17.1 Å². The first-order valence-electron chi connectivity index (χ1n) is 4.47. The molecular formula is C10H8N2O2S. The van der Waals surface area contributed by atoms with E-state index in [0.29, 0.717) is 0 Å². The van der Waals surface area contributed by atoms with Gasteiger partial charge in [-0.25, -0.2) is 0 Å². The summed E-state index contributed by atoms with van der Waals surface area (Å²) in [4.78, 5) is 10.2. The standard InChI is InChI=1S/C10H8N2O2S/c1-6-10-7(5-15-6)2-3-9(12(13)14)8(10)4-11/h2-3,6H,5H2,1H3. The zero-order valence-electron chi connectivity index (χ0n) is 8.06. The van der Waals surface area contributed by atoms with Crippen molar-refractivity contribution < 1.29 is 4.92 Å². The molecule has 1 aliphatic rings. The first kappa shape index (κ1) is 9.99. The van der Waals surface area contributed by atoms with E-state index in [1.807, 2.05) is 13.0 Å². The number of fused-ring (bicyclic) bond motifs is 1. The van der Waals surface area contributed by atoms with Crippen LogP contribution in [0.2, 0.25) is 0 Å². The van der Waals surface area contributed by atoms with Gasteiger partial charge in [0.25, 0.3) is 5.69 Å². The van der Waals surface area contributed by atoms with Gasteiger partial charge in [-0.2, -0.15) is 5.26 Å². The summed E-state index contributed by atoms with van der Waals surface area (Å²) < 4.78 is 0. The molecule has 4 nitrogen and oxygen atoms in total. The minimum atomic E-state index is -0.492. The van der Waals surface area contributed by atoms with Crippen LogP contribution in [-0.4, -0.2) is 4.92 Å². The molecule has 0 saturated carbocycles. The van der Waals surface area contributed by atoms with E-state index in [4.69, 9.17) is 5.26 Å². The monoisotopic (exact) mass is 220 g/mol. The topological polar surface area (TPSA) is 66.9 Å². The number of hydrogen-bond acceptors (Lipinski definition) is 4. The second-order valence-electron chi connectivity index (χ2n) is 3.35. The van der Waals surface area contributed by atoms with E-state index in [1.165, 1.54) is 6.07 Å². The van der Waals surface area contributed by atoms with Crippen LogP contribution in [0.5, 0.6) is 0 Å². The van der Waals surface area contributed by atoms with Crippen LogP contribution >= 0.6 is 11.8 Å². The maximum Gasteiger partial charge on any atom is 0.287 e. The quantitative estimate of drug-likeness (QED) is 0.539. The lowest BCUT2D eigenvalue weighted by Gasteiger charge is -2.05. The van der Waals surface area contributed by atoms with E-state index in [1.54, 1.807) is 17.8 Å². The van der Waals surface area contributed by atoms with Crippen LogP contribution in [0.4, 0.5) is 5.69 Å². The fraction of sp³-hybridized carbons (Fsp3) is 0.300. The van der Waals surface area contributed by atoms with Crippen LogP contribution in [0.3, 0.4) is 0 Å². The molecule has 2 rings (SSSR count). The third-order valence-electron chi connectivity index (χ3n) is 2.52. The zero-order chi connectivity index (χ0) is 11.0. The SMILES string of the molecule is CC1SCc2ccc([N+](=O)[O-])c(C#N)c21. The summed E-state index contributed by atoms with van der Waals surface area (Å²) in [5.41, 5.74) is 2.05. The number of nitro groups is 1. The molecule has 0 amide bonds. The van der Waals surface area contributed by atoms with Gasteiger partial charge in [-0.05, 0) is 18.1 Å². The Morgan fingerprint density at radius 1 is 1.67 bits per heavy atom. The number of benzene rings is 1. The molecule has 0 aliphatic carbocycles. The highest BCUT2D eigenvalue weighted by molar-refractivity contribution is 7.99. The van der Waals surface area contributed by atoms with Crippen molar-refractivity contribution in [2.75, 3.05) is 0 Å². The Bertz CT molecular complexity index is 479. The molecule has 5 heteroatoms. The summed E-state index contributed by atoms with van der Waals surface area (Å²) in [5, 5.41) is 19.9. The van der Waals surface area contributed by atoms with E-state index in [0.717, 1.165) is 16.9 Å². The summed E-state index contributed by atoms with van der Waals surface area (Å²) >= 11 is 1.70. The van der Waals surface area contributed by atoms with Gasteiger partial charge in [-0.15, -0.1) is 11.8 Å². The van der Waals surface area contributed by atoms with Crippen molar-refractivity contribution in [1.82, 2.24) is 0 Å². The summed E-state index contributed by atoms with van der Waals surface area (Å²) in [5.74, 6) is 0.836. The van der Waals surface area contributed by atoms with Gasteiger partial charge in [-0.1, -0.05) is 6.07 Å². The van der Waals surface area contributed by atoms with Crippen molar-refractivity contribution in [1.29, 1.82) is 5.26 Å². The third kappa shape index (κ3) is 1.47. The summed E-state index contributed by atoms with van der Waals surface area (Å²) in [6.45, 7) is 1.97. The Morgan fingerprint density at radius 2 is 2.40 bits per heavy atom. The largest absolute Gasteiger partial charge is 0.287 e. The molecule has 0 bridgehead atoms. The molecule has 1 aromatic carbocycles. The number of nitro benzene ring substituents is 1. The van der Waals surface area contributed by atoms with Gasteiger partial charge in [0.2, 0.25) is 0 Å². The van der Waals surface area contributed by atoms with Crippen LogP contribution in [0.25, 0.3) is 0 Å². The average molecular weight is 220 g/mol. The fourth-order valence-electron chi connectivity index (χ4n) is 1.81. The first-order chi connectivity index (χ1) is 7.15. The van der Waals surface area contributed by atoms with Crippen molar-refractivity contribution in [3.63, 3.8) is 0 Å². The molecule has 0 fully saturated rings. The van der Waals surface area contributed by atoms with E-state index in [2.05, 4.69) is 0 Å². The van der Waals surface area contributed by atoms with Crippen LogP contribution in [0.1, 0.15) is 28.9 Å². The lowest BCUT2D eigenvalue weighted by molar-refractivity contribution is -0.385. The van der Waals surface area contributed by atoms with Crippen molar-refractivity contribution in [3.05, 3.63) is 38.9 Å². The number of rotatable bonds is 1. The van der Waals surface area contributed by atoms with Gasteiger partial charge < -0.3 is 0 Å². The Balaban J connectivity index is 2.70. The molecule has 1 atom stereocenters. The summed E-state index contributed by atoms with van der Waals surface area (Å²) in [6.07, 6.45) is 0. The number of nitriles is 1. The van der Waals surface area contributed by atoms with Crippen molar-refractivity contribution >= 4 is 17.4 Å². The molecule has 0 N–H and O–H groups in total. The molecule has 76 valence electrons. The maximum absolute atomic E-state index is 10.7. The summed E-state index contributed by atoms with van der Waals surface area (Å²) in [6, 6.07) is 5.13. The molecule has 1 aliphatic heterocycles. The van der Waals surface area contributed by atoms with Gasteiger partial charge >= 0.3 is 0 Å². The van der Waals surface area contributed by atoms with E-state index in [-0.39, 0.29) is 16.5 Å². The first-order valence-corrected chi connectivity index (χ1v) is 5.52. The molecule has 0 saturated heterocycles. The van der Waals surface area contributed by atoms with Gasteiger partial charge in [0.05, 0.1) is 4.92 Å². The number of hydrogen-bond donors (Lipinski definition) is 0. The Morgan fingerprint density at radius 3 is 3.00 bits per heavy atom. The van der Waals surface area contributed by atoms with Crippen molar-refractivity contribution in [2.24, 2.45) is 0 Å². The van der Waals surface area contributed by atoms with Gasteiger partial charge in [-0.3, -0.25) is 10.1 Å². The highest BCUT2D eigenvalue weighted by Gasteiger charge is 2.28. The molecule has 15 heavy (non-hydrogen) atoms. The molecule has 0 aromatic heterocycles. The van der Waals surface area contributed by atoms with E-state index >= 15 is 0 Å². The number of thioether (sulfide) groups is 1. The molecular weight excluding hydrogens is 212 g/mol. The number of nitrogens with zero attached hydrogens (tertiary/aromatic N) is 2. The highest BCUT2D eigenvalue weighted by Crippen LogP contribution is 2.44. The Kier molecular flexibility index (Phi) is 2.37. The van der Waals surface area contributed by atoms with Crippen molar-refractivity contribution in [3.8, 4) is 6.07 Å². The van der Waals surface area contributed by atoms with Crippen molar-refractivity contribution in [2.45, 2.75) is 17.9 Å². The highest BCUT2D eigenvalue weighted by atomic mass is 32.2. The van der Waals surface area contributed by atoms with Crippen LogP contribution in [0, 0.1) is 21.4 Å². The lowest BCUT2D eigenvalue weighted by atomic mass is 9.99. The van der Waals surface area contributed by atoms with Gasteiger partial charge in [0.15, 0.2) is 0 Å². The van der Waals surface area contributed by atoms with E-state index < -0.39 is 4.92 Å². The molecule has 1 aromatic rings. The smallest absolute Gasteiger partial charge is 0.258 e. The minimum absolute atomic E-state index is 0.0781. The molecule has 1 unspecified atom stereocenters. The predicted molar refractivity (Wildman–Crippen MR) is 57.5 cm³/mol. The lowest BCUT2D eigenvalue weighted by Crippen LogP contribution is -1.98. The molecule has 1 heterocycles. The molecule has 0 spiro atoms. The second kappa shape index (κ2) is 3.55. The second-order valence-corrected chi connectivity index (χ2v) is 4.68. The third-order valence-corrected chi connectivity index (χ3v) is 3.73. The maximum atomic E-state index is 10.7. The normalized spacial score (nSPS) is 18.3. The van der Waals surface area contributed by atoms with Crippen LogP contribution in [0.15, 0.2) is 12.1 Å². The minimum Gasteiger partial charge on any atom is -0.258 e. The fourth-order valence-corrected chi connectivity index (χ4v) is 2.93. The molecule has 0 radical (unpaired) electrons. The Labute approximate surface area is 91.1 Å². The Hall–Kier alpha value is -1.54.